The number of nitrogens with zero attached hydrogens (tertiary/aromatic N) is 1. The summed E-state index contributed by atoms with van der Waals surface area (Å²) in [4.78, 5) is 0. The van der Waals surface area contributed by atoms with E-state index in [2.05, 4.69) is 36.3 Å². The molecule has 0 heterocycles. The van der Waals surface area contributed by atoms with Gasteiger partial charge >= 0.3 is 0 Å². The first-order valence-corrected chi connectivity index (χ1v) is 4.76. The number of hydrogen-bond donors (Lipinski definition) is 1. The number of hydrazone groups is 1. The van der Waals surface area contributed by atoms with Crippen molar-refractivity contribution in [3.8, 4) is 0 Å². The van der Waals surface area contributed by atoms with Crippen LogP contribution in [0.15, 0.2) is 29.4 Å². The van der Waals surface area contributed by atoms with Gasteiger partial charge in [0.1, 0.15) is 0 Å². The maximum Gasteiger partial charge on any atom is 0.0798 e. The molecular weight excluding hydrogens is 168 g/mol. The highest BCUT2D eigenvalue weighted by atomic mass is 32.2. The van der Waals surface area contributed by atoms with Gasteiger partial charge in [-0.2, -0.15) is 5.10 Å². The molecular formula is C9H12N2S. The molecule has 1 aromatic rings. The number of aryl methyl sites for hydroxylation is 1. The fourth-order valence-corrected chi connectivity index (χ4v) is 1.41. The Morgan fingerprint density at radius 2 is 2.08 bits per heavy atom. The first kappa shape index (κ1) is 9.13. The van der Waals surface area contributed by atoms with E-state index in [0.29, 0.717) is 0 Å². The van der Waals surface area contributed by atoms with Crippen molar-refractivity contribution in [2.75, 3.05) is 0 Å². The van der Waals surface area contributed by atoms with Gasteiger partial charge in [0, 0.05) is 5.75 Å². The Balaban J connectivity index is 2.47. The molecule has 0 aliphatic carbocycles. The highest BCUT2D eigenvalue weighted by molar-refractivity contribution is 8.11. The summed E-state index contributed by atoms with van der Waals surface area (Å²) in [5.41, 5.74) is 4.24. The van der Waals surface area contributed by atoms with Crippen molar-refractivity contribution >= 4 is 17.3 Å². The van der Waals surface area contributed by atoms with E-state index in [4.69, 9.17) is 5.84 Å². The summed E-state index contributed by atoms with van der Waals surface area (Å²) >= 11 is 1.60. The lowest BCUT2D eigenvalue weighted by molar-refractivity contribution is 1.27. The van der Waals surface area contributed by atoms with Crippen LogP contribution in [0, 0.1) is 6.92 Å². The molecule has 2 N–H and O–H groups in total. The van der Waals surface area contributed by atoms with Crippen LogP contribution in [0.1, 0.15) is 11.1 Å². The van der Waals surface area contributed by atoms with E-state index < -0.39 is 0 Å². The van der Waals surface area contributed by atoms with Gasteiger partial charge in [0.05, 0.1) is 5.55 Å². The van der Waals surface area contributed by atoms with E-state index >= 15 is 0 Å². The summed E-state index contributed by atoms with van der Waals surface area (Å²) in [5, 5.41) is 3.41. The lowest BCUT2D eigenvalue weighted by Crippen LogP contribution is -1.82. The molecule has 0 bridgehead atoms. The van der Waals surface area contributed by atoms with E-state index in [0.717, 1.165) is 5.75 Å². The van der Waals surface area contributed by atoms with Crippen molar-refractivity contribution in [2.24, 2.45) is 10.9 Å². The highest BCUT2D eigenvalue weighted by Gasteiger charge is 1.90. The molecule has 0 aromatic heterocycles. The van der Waals surface area contributed by atoms with E-state index in [1.807, 2.05) is 0 Å². The van der Waals surface area contributed by atoms with E-state index in [9.17, 15) is 0 Å². The third-order valence-electron chi connectivity index (χ3n) is 1.51. The van der Waals surface area contributed by atoms with Gasteiger partial charge in [-0.1, -0.05) is 29.8 Å². The number of thioether (sulfide) groups is 1. The third-order valence-corrected chi connectivity index (χ3v) is 2.28. The van der Waals surface area contributed by atoms with Crippen molar-refractivity contribution in [2.45, 2.75) is 12.7 Å². The normalized spacial score (nSPS) is 10.8. The smallest absolute Gasteiger partial charge is 0.0798 e. The van der Waals surface area contributed by atoms with E-state index in [1.54, 1.807) is 17.3 Å². The van der Waals surface area contributed by atoms with Crippen LogP contribution in [0.2, 0.25) is 0 Å². The van der Waals surface area contributed by atoms with Crippen LogP contribution < -0.4 is 5.84 Å². The molecule has 0 spiro atoms. The van der Waals surface area contributed by atoms with Gasteiger partial charge in [0.15, 0.2) is 0 Å². The molecule has 0 aliphatic rings. The van der Waals surface area contributed by atoms with E-state index in [1.165, 1.54) is 11.1 Å². The minimum atomic E-state index is 0.932. The summed E-state index contributed by atoms with van der Waals surface area (Å²) in [5.74, 6) is 5.90. The van der Waals surface area contributed by atoms with Gasteiger partial charge in [0.2, 0.25) is 0 Å². The Labute approximate surface area is 76.9 Å². The summed E-state index contributed by atoms with van der Waals surface area (Å²) < 4.78 is 0. The van der Waals surface area contributed by atoms with Crippen LogP contribution in [0.5, 0.6) is 0 Å². The molecule has 0 unspecified atom stereocenters. The molecule has 12 heavy (non-hydrogen) atoms. The Kier molecular flexibility index (Phi) is 3.67. The molecule has 0 saturated heterocycles. The zero-order valence-corrected chi connectivity index (χ0v) is 7.84. The largest absolute Gasteiger partial charge is 0.323 e. The first-order chi connectivity index (χ1) is 5.83. The Bertz CT molecular complexity index is 254. The fraction of sp³-hybridized carbons (Fsp3) is 0.222. The van der Waals surface area contributed by atoms with Crippen LogP contribution in [0.4, 0.5) is 0 Å². The monoisotopic (exact) mass is 180 g/mol. The topological polar surface area (TPSA) is 38.4 Å². The molecule has 64 valence electrons. The molecule has 1 aromatic carbocycles. The minimum Gasteiger partial charge on any atom is -0.323 e. The maximum atomic E-state index is 4.97. The third kappa shape index (κ3) is 2.96. The lowest BCUT2D eigenvalue weighted by atomic mass is 10.2. The Morgan fingerprint density at radius 3 is 2.67 bits per heavy atom. The summed E-state index contributed by atoms with van der Waals surface area (Å²) in [6.07, 6.45) is 0. The van der Waals surface area contributed by atoms with Gasteiger partial charge in [-0.25, -0.2) is 0 Å². The van der Waals surface area contributed by atoms with Crippen molar-refractivity contribution in [1.29, 1.82) is 0 Å². The van der Waals surface area contributed by atoms with Crippen LogP contribution in [-0.4, -0.2) is 5.55 Å². The van der Waals surface area contributed by atoms with Gasteiger partial charge in [-0.05, 0) is 12.5 Å². The molecule has 0 amide bonds. The molecule has 0 aliphatic heterocycles. The summed E-state index contributed by atoms with van der Waals surface area (Å²) in [6, 6.07) is 8.45. The molecule has 0 atom stereocenters. The molecule has 0 fully saturated rings. The lowest BCUT2D eigenvalue weighted by Gasteiger charge is -1.97. The van der Waals surface area contributed by atoms with Crippen LogP contribution in [0.25, 0.3) is 0 Å². The fourth-order valence-electron chi connectivity index (χ4n) is 0.861. The predicted molar refractivity (Wildman–Crippen MR) is 55.2 cm³/mol. The zero-order valence-electron chi connectivity index (χ0n) is 7.03. The predicted octanol–water partition coefficient (Wildman–Crippen LogP) is 2.13. The van der Waals surface area contributed by atoms with Crippen molar-refractivity contribution < 1.29 is 0 Å². The van der Waals surface area contributed by atoms with E-state index in [-0.39, 0.29) is 0 Å². The average molecular weight is 180 g/mol. The second kappa shape index (κ2) is 4.83. The summed E-state index contributed by atoms with van der Waals surface area (Å²) in [7, 11) is 0. The summed E-state index contributed by atoms with van der Waals surface area (Å²) in [6.45, 7) is 2.08. The van der Waals surface area contributed by atoms with Crippen LogP contribution in [0.3, 0.4) is 0 Å². The minimum absolute atomic E-state index is 0.932. The molecule has 0 radical (unpaired) electrons. The Hall–Kier alpha value is -0.960. The second-order valence-electron chi connectivity index (χ2n) is 2.55. The Morgan fingerprint density at radius 1 is 1.42 bits per heavy atom. The highest BCUT2D eigenvalue weighted by Crippen LogP contribution is 2.10. The van der Waals surface area contributed by atoms with Crippen molar-refractivity contribution in [3.63, 3.8) is 0 Å². The molecule has 1 rings (SSSR count). The zero-order chi connectivity index (χ0) is 8.81. The van der Waals surface area contributed by atoms with Crippen molar-refractivity contribution in [1.82, 2.24) is 0 Å². The quantitative estimate of drug-likeness (QED) is 0.335. The molecule has 2 nitrogen and oxygen atoms in total. The van der Waals surface area contributed by atoms with Crippen LogP contribution in [-0.2, 0) is 5.75 Å². The molecule has 0 saturated carbocycles. The number of benzene rings is 1. The van der Waals surface area contributed by atoms with Crippen LogP contribution >= 0.6 is 11.8 Å². The standard InChI is InChI=1S/C9H12N2S/c1-8-2-4-9(5-3-8)6-12-7-11-10/h2-5,7H,6,10H2,1H3/b11-7+. The number of rotatable bonds is 3. The second-order valence-corrected chi connectivity index (χ2v) is 3.38. The SMILES string of the molecule is Cc1ccc(CS/C=N/N)cc1. The van der Waals surface area contributed by atoms with Gasteiger partial charge in [-0.3, -0.25) is 0 Å². The van der Waals surface area contributed by atoms with Gasteiger partial charge in [0.25, 0.3) is 0 Å². The van der Waals surface area contributed by atoms with Gasteiger partial charge < -0.3 is 5.84 Å². The maximum absolute atomic E-state index is 4.97. The first-order valence-electron chi connectivity index (χ1n) is 3.72. The number of hydrogen-bond acceptors (Lipinski definition) is 3. The van der Waals surface area contributed by atoms with Crippen molar-refractivity contribution in [3.05, 3.63) is 35.4 Å². The molecule has 3 heteroatoms. The van der Waals surface area contributed by atoms with Gasteiger partial charge in [-0.15, -0.1) is 11.8 Å². The average Bonchev–Trinajstić information content (AvgIpc) is 2.09. The number of nitrogens with two attached hydrogens (primary N) is 1.